The summed E-state index contributed by atoms with van der Waals surface area (Å²) in [6, 6.07) is 0. The molecule has 0 fully saturated rings. The summed E-state index contributed by atoms with van der Waals surface area (Å²) in [7, 11) is 1.18. The van der Waals surface area contributed by atoms with Crippen LogP contribution in [-0.2, 0) is 4.74 Å². The first-order valence-corrected chi connectivity index (χ1v) is 5.29. The van der Waals surface area contributed by atoms with Gasteiger partial charge >= 0.3 is 0 Å². The predicted octanol–water partition coefficient (Wildman–Crippen LogP) is 3.68. The van der Waals surface area contributed by atoms with Crippen molar-refractivity contribution < 1.29 is 4.74 Å². The molecule has 0 aromatic rings. The molecule has 0 atom stereocenters. The molecule has 0 radical (unpaired) electrons. The fraction of sp³-hybridized carbons (Fsp3) is 0.700. The third-order valence-electron chi connectivity index (χ3n) is 1.47. The average molecular weight is 186 g/mol. The van der Waals surface area contributed by atoms with Gasteiger partial charge in [0.25, 0.3) is 0 Å². The first-order chi connectivity index (χ1) is 5.52. The zero-order chi connectivity index (χ0) is 9.61. The van der Waals surface area contributed by atoms with Crippen LogP contribution in [0, 0.1) is 5.41 Å². The van der Waals surface area contributed by atoms with Crippen LogP contribution >= 0.6 is 8.20 Å². The van der Waals surface area contributed by atoms with Gasteiger partial charge in [-0.3, -0.25) is 0 Å². The van der Waals surface area contributed by atoms with Crippen LogP contribution in [0.25, 0.3) is 0 Å². The molecule has 2 heteroatoms. The molecular formula is C10H19OP. The third-order valence-corrected chi connectivity index (χ3v) is 2.94. The normalized spacial score (nSPS) is 14.2. The average Bonchev–Trinajstić information content (AvgIpc) is 1.95. The fourth-order valence-corrected chi connectivity index (χ4v) is 1.74. The number of hydrogen-bond acceptors (Lipinski definition) is 1. The first-order valence-electron chi connectivity index (χ1n) is 4.33. The van der Waals surface area contributed by atoms with Crippen LogP contribution < -0.4 is 0 Å². The van der Waals surface area contributed by atoms with Crippen LogP contribution in [-0.4, -0.2) is 12.6 Å². The molecule has 0 aromatic carbocycles. The van der Waals surface area contributed by atoms with E-state index in [1.54, 1.807) is 0 Å². The molecule has 0 rings (SSSR count). The molecule has 0 spiro atoms. The number of allylic oxidation sites excluding steroid dienone is 2. The van der Waals surface area contributed by atoms with Gasteiger partial charge in [-0.15, -0.1) is 0 Å². The zero-order valence-corrected chi connectivity index (χ0v) is 9.61. The van der Waals surface area contributed by atoms with E-state index in [-0.39, 0.29) is 5.41 Å². The van der Waals surface area contributed by atoms with Gasteiger partial charge in [0.15, 0.2) is 0 Å². The van der Waals surface area contributed by atoms with Crippen molar-refractivity contribution in [3.05, 3.63) is 11.4 Å². The van der Waals surface area contributed by atoms with Crippen LogP contribution in [0.4, 0.5) is 0 Å². The van der Waals surface area contributed by atoms with Gasteiger partial charge < -0.3 is 4.74 Å². The summed E-state index contributed by atoms with van der Waals surface area (Å²) in [6.07, 6.45) is 2.16. The van der Waals surface area contributed by atoms with Crippen molar-refractivity contribution in [2.75, 3.05) is 6.61 Å². The second-order valence-corrected chi connectivity index (χ2v) is 4.56. The van der Waals surface area contributed by atoms with Gasteiger partial charge in [-0.05, 0) is 32.8 Å². The molecule has 0 aliphatic heterocycles. The molecule has 0 bridgehead atoms. The largest absolute Gasteiger partial charge is 0.349 e. The third kappa shape index (κ3) is 4.69. The van der Waals surface area contributed by atoms with Crippen LogP contribution in [0.2, 0.25) is 0 Å². The summed E-state index contributed by atoms with van der Waals surface area (Å²) in [5.41, 5.74) is 0.254. The van der Waals surface area contributed by atoms with Crippen LogP contribution in [0.5, 0.6) is 0 Å². The number of rotatable bonds is 3. The molecule has 1 nitrogen and oxygen atoms in total. The van der Waals surface area contributed by atoms with Gasteiger partial charge in [0.05, 0.1) is 12.6 Å². The van der Waals surface area contributed by atoms with E-state index in [1.165, 1.54) is 13.5 Å². The molecule has 0 unspecified atom stereocenters. The van der Waals surface area contributed by atoms with E-state index in [1.807, 2.05) is 12.9 Å². The summed E-state index contributed by atoms with van der Waals surface area (Å²) in [5, 5.41) is 1.40. The maximum absolute atomic E-state index is 5.18. The molecule has 0 saturated carbocycles. The SMILES string of the molecule is C/C=C(/P=COCC)C(C)(C)C. The summed E-state index contributed by atoms with van der Waals surface area (Å²) in [4.78, 5) is 0. The fourth-order valence-electron chi connectivity index (χ4n) is 0.870. The summed E-state index contributed by atoms with van der Waals surface area (Å²) in [6.45, 7) is 11.5. The van der Waals surface area contributed by atoms with Gasteiger partial charge in [-0.25, -0.2) is 0 Å². The molecule has 12 heavy (non-hydrogen) atoms. The van der Waals surface area contributed by atoms with Gasteiger partial charge in [-0.1, -0.05) is 26.8 Å². The zero-order valence-electron chi connectivity index (χ0n) is 8.72. The molecule has 0 amide bonds. The predicted molar refractivity (Wildman–Crippen MR) is 57.8 cm³/mol. The molecule has 0 saturated heterocycles. The van der Waals surface area contributed by atoms with E-state index >= 15 is 0 Å². The smallest absolute Gasteiger partial charge is 0.0659 e. The highest BCUT2D eigenvalue weighted by Crippen LogP contribution is 2.33. The molecule has 0 N–H and O–H groups in total. The summed E-state index contributed by atoms with van der Waals surface area (Å²) >= 11 is 0. The Morgan fingerprint density at radius 2 is 2.00 bits per heavy atom. The van der Waals surface area contributed by atoms with Crippen molar-refractivity contribution in [2.45, 2.75) is 34.6 Å². The molecule has 0 heterocycles. The van der Waals surface area contributed by atoms with E-state index in [9.17, 15) is 0 Å². The van der Waals surface area contributed by atoms with Crippen LogP contribution in [0.1, 0.15) is 34.6 Å². The van der Waals surface area contributed by atoms with E-state index in [0.29, 0.717) is 0 Å². The molecule has 0 aliphatic carbocycles. The number of hydrogen-bond donors (Lipinski definition) is 0. The Labute approximate surface area is 77.6 Å². The minimum absolute atomic E-state index is 0.254. The highest BCUT2D eigenvalue weighted by atomic mass is 31.1. The van der Waals surface area contributed by atoms with Crippen molar-refractivity contribution in [3.63, 3.8) is 0 Å². The highest BCUT2D eigenvalue weighted by molar-refractivity contribution is 7.42. The maximum Gasteiger partial charge on any atom is 0.0659 e. The Kier molecular flexibility index (Phi) is 5.44. The van der Waals surface area contributed by atoms with E-state index in [2.05, 4.69) is 33.8 Å². The van der Waals surface area contributed by atoms with Gasteiger partial charge in [-0.2, -0.15) is 0 Å². The summed E-state index contributed by atoms with van der Waals surface area (Å²) in [5.74, 6) is 1.86. The lowest BCUT2D eigenvalue weighted by Gasteiger charge is -2.18. The second kappa shape index (κ2) is 5.50. The highest BCUT2D eigenvalue weighted by Gasteiger charge is 2.13. The molecular weight excluding hydrogens is 167 g/mol. The maximum atomic E-state index is 5.18. The second-order valence-electron chi connectivity index (χ2n) is 3.61. The van der Waals surface area contributed by atoms with Crippen LogP contribution in [0.3, 0.4) is 0 Å². The van der Waals surface area contributed by atoms with Crippen molar-refractivity contribution in [1.82, 2.24) is 0 Å². The van der Waals surface area contributed by atoms with Crippen molar-refractivity contribution in [2.24, 2.45) is 5.41 Å². The lowest BCUT2D eigenvalue weighted by Crippen LogP contribution is -2.04. The lowest BCUT2D eigenvalue weighted by molar-refractivity contribution is 0.351. The number of ether oxygens (including phenoxy) is 1. The Balaban J connectivity index is 4.21. The van der Waals surface area contributed by atoms with Crippen molar-refractivity contribution in [3.8, 4) is 0 Å². The van der Waals surface area contributed by atoms with Gasteiger partial charge in [0, 0.05) is 0 Å². The topological polar surface area (TPSA) is 9.23 Å². The monoisotopic (exact) mass is 186 g/mol. The van der Waals surface area contributed by atoms with Crippen molar-refractivity contribution >= 4 is 14.2 Å². The Morgan fingerprint density at radius 3 is 2.33 bits per heavy atom. The lowest BCUT2D eigenvalue weighted by atomic mass is 9.96. The van der Waals surface area contributed by atoms with Crippen LogP contribution in [0.15, 0.2) is 11.4 Å². The molecule has 70 valence electrons. The Bertz CT molecular complexity index is 175. The van der Waals surface area contributed by atoms with Gasteiger partial charge in [0.1, 0.15) is 0 Å². The Hall–Kier alpha value is -0.130. The van der Waals surface area contributed by atoms with Crippen molar-refractivity contribution in [1.29, 1.82) is 0 Å². The van der Waals surface area contributed by atoms with E-state index < -0.39 is 0 Å². The minimum Gasteiger partial charge on any atom is -0.349 e. The van der Waals surface area contributed by atoms with E-state index in [4.69, 9.17) is 4.74 Å². The Morgan fingerprint density at radius 1 is 1.42 bits per heavy atom. The minimum atomic E-state index is 0.254. The quantitative estimate of drug-likeness (QED) is 0.611. The first kappa shape index (κ1) is 11.9. The molecule has 0 aliphatic rings. The van der Waals surface area contributed by atoms with Gasteiger partial charge in [0.2, 0.25) is 0 Å². The standard InChI is InChI=1S/C10H19OP/c1-6-9(10(3,4)5)12-8-11-7-2/h6,8H,7H2,1-5H3/b9-6+. The van der Waals surface area contributed by atoms with E-state index in [0.717, 1.165) is 6.61 Å². The molecule has 0 aromatic heterocycles. The summed E-state index contributed by atoms with van der Waals surface area (Å²) < 4.78 is 5.18.